The van der Waals surface area contributed by atoms with E-state index < -0.39 is 0 Å². The number of aliphatic imine (C=N–C) groups is 1. The van der Waals surface area contributed by atoms with Gasteiger partial charge in [0.15, 0.2) is 5.96 Å². The molecule has 1 aliphatic rings. The number of nitrogens with one attached hydrogen (secondary N) is 2. The van der Waals surface area contributed by atoms with Gasteiger partial charge in [0, 0.05) is 38.2 Å². The van der Waals surface area contributed by atoms with Crippen molar-refractivity contribution < 1.29 is 9.47 Å². The van der Waals surface area contributed by atoms with E-state index >= 15 is 0 Å². The zero-order valence-electron chi connectivity index (χ0n) is 17.5. The van der Waals surface area contributed by atoms with Gasteiger partial charge in [-0.1, -0.05) is 26.0 Å². The number of guanidine groups is 1. The minimum atomic E-state index is 0.151. The van der Waals surface area contributed by atoms with Crippen LogP contribution < -0.4 is 15.4 Å². The van der Waals surface area contributed by atoms with Crippen LogP contribution in [0.2, 0.25) is 0 Å². The number of nitrogens with zero attached hydrogens (tertiary/aromatic N) is 2. The van der Waals surface area contributed by atoms with Gasteiger partial charge in [0.05, 0.1) is 13.2 Å². The van der Waals surface area contributed by atoms with Crippen molar-refractivity contribution in [3.8, 4) is 5.75 Å². The molecule has 0 saturated carbocycles. The average Bonchev–Trinajstić information content (AvgIpc) is 3.17. The molecular formula is C21H36N4O2. The maximum absolute atomic E-state index is 6.18. The largest absolute Gasteiger partial charge is 0.488 e. The second kappa shape index (κ2) is 11.1. The molecule has 152 valence electrons. The Morgan fingerprint density at radius 3 is 2.74 bits per heavy atom. The smallest absolute Gasteiger partial charge is 0.191 e. The van der Waals surface area contributed by atoms with Gasteiger partial charge in [-0.05, 0) is 38.6 Å². The van der Waals surface area contributed by atoms with E-state index in [0.29, 0.717) is 19.2 Å². The van der Waals surface area contributed by atoms with Crippen LogP contribution in [0, 0.1) is 6.92 Å². The van der Waals surface area contributed by atoms with Crippen molar-refractivity contribution in [1.29, 1.82) is 0 Å². The van der Waals surface area contributed by atoms with Crippen molar-refractivity contribution in [1.82, 2.24) is 15.5 Å². The van der Waals surface area contributed by atoms with E-state index in [1.54, 1.807) is 7.05 Å². The van der Waals surface area contributed by atoms with Crippen molar-refractivity contribution in [3.05, 3.63) is 29.3 Å². The average molecular weight is 377 g/mol. The molecule has 1 aromatic rings. The van der Waals surface area contributed by atoms with Crippen LogP contribution in [-0.4, -0.2) is 62.9 Å². The first-order chi connectivity index (χ1) is 13.1. The predicted molar refractivity (Wildman–Crippen MR) is 112 cm³/mol. The fourth-order valence-electron chi connectivity index (χ4n) is 3.32. The van der Waals surface area contributed by atoms with Crippen LogP contribution in [0.25, 0.3) is 0 Å². The van der Waals surface area contributed by atoms with Gasteiger partial charge in [0.2, 0.25) is 0 Å². The summed E-state index contributed by atoms with van der Waals surface area (Å²) in [7, 11) is 1.81. The molecule has 1 aromatic carbocycles. The lowest BCUT2D eigenvalue weighted by Gasteiger charge is -2.27. The first-order valence-corrected chi connectivity index (χ1v) is 10.1. The Labute approximate surface area is 164 Å². The van der Waals surface area contributed by atoms with Crippen molar-refractivity contribution in [2.75, 3.05) is 39.9 Å². The van der Waals surface area contributed by atoms with Crippen LogP contribution in [0.5, 0.6) is 5.75 Å². The molecule has 0 radical (unpaired) electrons. The van der Waals surface area contributed by atoms with Gasteiger partial charge in [0.25, 0.3) is 0 Å². The molecule has 27 heavy (non-hydrogen) atoms. The Balaban J connectivity index is 1.91. The maximum atomic E-state index is 6.18. The zero-order valence-corrected chi connectivity index (χ0v) is 17.5. The maximum Gasteiger partial charge on any atom is 0.191 e. The monoisotopic (exact) mass is 376 g/mol. The summed E-state index contributed by atoms with van der Waals surface area (Å²) >= 11 is 0. The normalized spacial score (nSPS) is 18.6. The van der Waals surface area contributed by atoms with E-state index in [0.717, 1.165) is 49.9 Å². The highest BCUT2D eigenvalue weighted by Crippen LogP contribution is 2.23. The summed E-state index contributed by atoms with van der Waals surface area (Å²) in [6, 6.07) is 6.81. The minimum absolute atomic E-state index is 0.151. The van der Waals surface area contributed by atoms with E-state index in [2.05, 4.69) is 66.4 Å². The molecule has 2 unspecified atom stereocenters. The van der Waals surface area contributed by atoms with Crippen LogP contribution in [-0.2, 0) is 11.3 Å². The van der Waals surface area contributed by atoms with E-state index in [1.807, 2.05) is 0 Å². The highest BCUT2D eigenvalue weighted by atomic mass is 16.5. The van der Waals surface area contributed by atoms with Crippen molar-refractivity contribution >= 4 is 5.96 Å². The molecule has 1 heterocycles. The Bertz CT molecular complexity index is 596. The van der Waals surface area contributed by atoms with E-state index in [-0.39, 0.29) is 6.10 Å². The highest BCUT2D eigenvalue weighted by molar-refractivity contribution is 5.79. The molecule has 1 fully saturated rings. The fourth-order valence-corrected chi connectivity index (χ4v) is 3.32. The highest BCUT2D eigenvalue weighted by Gasteiger charge is 2.19. The molecule has 0 aliphatic carbocycles. The van der Waals surface area contributed by atoms with Crippen LogP contribution in [0.4, 0.5) is 0 Å². The van der Waals surface area contributed by atoms with Gasteiger partial charge < -0.3 is 20.1 Å². The number of hydrogen-bond acceptors (Lipinski definition) is 4. The molecule has 0 spiro atoms. The summed E-state index contributed by atoms with van der Waals surface area (Å²) in [6.07, 6.45) is 1.10. The second-order valence-electron chi connectivity index (χ2n) is 7.09. The lowest BCUT2D eigenvalue weighted by molar-refractivity contribution is 0.140. The summed E-state index contributed by atoms with van der Waals surface area (Å²) in [4.78, 5) is 6.78. The molecule has 6 nitrogen and oxygen atoms in total. The Morgan fingerprint density at radius 2 is 2.11 bits per heavy atom. The molecule has 2 atom stereocenters. The number of benzene rings is 1. The topological polar surface area (TPSA) is 58.1 Å². The summed E-state index contributed by atoms with van der Waals surface area (Å²) in [5, 5.41) is 6.84. The third-order valence-corrected chi connectivity index (χ3v) is 5.07. The fraction of sp³-hybridized carbons (Fsp3) is 0.667. The predicted octanol–water partition coefficient (Wildman–Crippen LogP) is 2.56. The first kappa shape index (κ1) is 21.5. The van der Waals surface area contributed by atoms with E-state index in [9.17, 15) is 0 Å². The third-order valence-electron chi connectivity index (χ3n) is 5.07. The molecular weight excluding hydrogens is 340 g/mol. The summed E-state index contributed by atoms with van der Waals surface area (Å²) < 4.78 is 11.6. The van der Waals surface area contributed by atoms with Gasteiger partial charge >= 0.3 is 0 Å². The van der Waals surface area contributed by atoms with Gasteiger partial charge in [0.1, 0.15) is 11.9 Å². The molecule has 6 heteroatoms. The number of rotatable bonds is 9. The van der Waals surface area contributed by atoms with Crippen LogP contribution >= 0.6 is 0 Å². The third kappa shape index (κ3) is 6.70. The summed E-state index contributed by atoms with van der Waals surface area (Å²) in [5.41, 5.74) is 2.33. The SMILES string of the molecule is CCN(CC)C(C)CNC(=NC)NCc1ccc(C)cc1OC1CCOC1. The first-order valence-electron chi connectivity index (χ1n) is 10.1. The molecule has 0 aromatic heterocycles. The Hall–Kier alpha value is -1.79. The van der Waals surface area contributed by atoms with Gasteiger partial charge in [-0.25, -0.2) is 0 Å². The van der Waals surface area contributed by atoms with Gasteiger partial charge in [-0.3, -0.25) is 9.89 Å². The van der Waals surface area contributed by atoms with Crippen LogP contribution in [0.3, 0.4) is 0 Å². The number of aryl methyl sites for hydroxylation is 1. The minimum Gasteiger partial charge on any atom is -0.488 e. The van der Waals surface area contributed by atoms with Crippen molar-refractivity contribution in [3.63, 3.8) is 0 Å². The Kier molecular flexibility index (Phi) is 8.88. The number of likely N-dealkylation sites (N-methyl/N-ethyl adjacent to an activating group) is 1. The van der Waals surface area contributed by atoms with E-state index in [4.69, 9.17) is 9.47 Å². The van der Waals surface area contributed by atoms with Crippen LogP contribution in [0.1, 0.15) is 38.3 Å². The van der Waals surface area contributed by atoms with Gasteiger partial charge in [-0.2, -0.15) is 0 Å². The molecule has 0 bridgehead atoms. The summed E-state index contributed by atoms with van der Waals surface area (Å²) in [5.74, 6) is 1.75. The lowest BCUT2D eigenvalue weighted by atomic mass is 10.1. The van der Waals surface area contributed by atoms with Crippen LogP contribution in [0.15, 0.2) is 23.2 Å². The van der Waals surface area contributed by atoms with E-state index in [1.165, 1.54) is 5.56 Å². The van der Waals surface area contributed by atoms with Crippen molar-refractivity contribution in [2.45, 2.75) is 52.8 Å². The number of ether oxygens (including phenoxy) is 2. The van der Waals surface area contributed by atoms with Crippen molar-refractivity contribution in [2.24, 2.45) is 4.99 Å². The van der Waals surface area contributed by atoms with Gasteiger partial charge in [-0.15, -0.1) is 0 Å². The molecule has 1 saturated heterocycles. The summed E-state index contributed by atoms with van der Waals surface area (Å²) in [6.45, 7) is 13.8. The molecule has 1 aliphatic heterocycles. The second-order valence-corrected chi connectivity index (χ2v) is 7.09. The Morgan fingerprint density at radius 1 is 1.33 bits per heavy atom. The molecule has 0 amide bonds. The quantitative estimate of drug-likeness (QED) is 0.512. The zero-order chi connectivity index (χ0) is 19.6. The standard InChI is InChI=1S/C21H36N4O2/c1-6-25(7-2)17(4)13-23-21(22-5)24-14-18-9-8-16(3)12-20(18)27-19-10-11-26-15-19/h8-9,12,17,19H,6-7,10-11,13-15H2,1-5H3,(H2,22,23,24). The number of hydrogen-bond donors (Lipinski definition) is 2. The molecule has 2 N–H and O–H groups in total. The lowest BCUT2D eigenvalue weighted by Crippen LogP contribution is -2.45. The molecule has 2 rings (SSSR count).